The largest absolute Gasteiger partial charge is 0.498 e. The maximum Gasteiger partial charge on any atom is 0.498 e. The summed E-state index contributed by atoms with van der Waals surface area (Å²) >= 11 is 0. The van der Waals surface area contributed by atoms with Gasteiger partial charge in [-0.25, -0.2) is 4.79 Å². The van der Waals surface area contributed by atoms with Gasteiger partial charge in [-0.1, -0.05) is 13.8 Å². The minimum absolute atomic E-state index is 0.125. The Hall–Kier alpha value is -1.66. The molecule has 10 nitrogen and oxygen atoms in total. The minimum atomic E-state index is -0.507. The number of hydrogen-bond acceptors (Lipinski definition) is 8. The van der Waals surface area contributed by atoms with E-state index in [4.69, 9.17) is 33.4 Å². The molecule has 0 radical (unpaired) electrons. The highest BCUT2D eigenvalue weighted by atomic mass is 16.7. The summed E-state index contributed by atoms with van der Waals surface area (Å²) in [5.41, 5.74) is 1.44. The van der Waals surface area contributed by atoms with Gasteiger partial charge < -0.3 is 33.2 Å². The fourth-order valence-electron chi connectivity index (χ4n) is 9.56. The van der Waals surface area contributed by atoms with Crippen LogP contribution in [0.2, 0.25) is 0 Å². The summed E-state index contributed by atoms with van der Waals surface area (Å²) in [6.07, 6.45) is 8.58. The Labute approximate surface area is 277 Å². The Morgan fingerprint density at radius 2 is 1.46 bits per heavy atom. The van der Waals surface area contributed by atoms with Gasteiger partial charge >= 0.3 is 13.2 Å². The highest BCUT2D eigenvalue weighted by Crippen LogP contribution is 2.72. The number of rotatable bonds is 13. The van der Waals surface area contributed by atoms with Crippen molar-refractivity contribution in [1.29, 1.82) is 0 Å². The molecule has 1 aromatic heterocycles. The molecule has 0 N–H and O–H groups in total. The second-order valence-electron chi connectivity index (χ2n) is 17.8. The summed E-state index contributed by atoms with van der Waals surface area (Å²) in [5, 5.41) is 4.91. The van der Waals surface area contributed by atoms with Crippen molar-refractivity contribution in [3.63, 3.8) is 0 Å². The van der Waals surface area contributed by atoms with Crippen molar-refractivity contribution in [1.82, 2.24) is 14.7 Å². The number of likely N-dealkylation sites (N-methyl/N-ethyl adjacent to an activating group) is 1. The van der Waals surface area contributed by atoms with Crippen LogP contribution in [0, 0.1) is 23.2 Å². The second kappa shape index (κ2) is 12.3. The Morgan fingerprint density at radius 1 is 0.891 bits per heavy atom. The van der Waals surface area contributed by atoms with Crippen molar-refractivity contribution in [3.05, 3.63) is 11.9 Å². The molecule has 1 aliphatic heterocycles. The first-order valence-electron chi connectivity index (χ1n) is 17.3. The molecule has 260 valence electrons. The fraction of sp³-hybridized carbons (Fsp3) is 0.886. The van der Waals surface area contributed by atoms with Gasteiger partial charge in [0.25, 0.3) is 0 Å². The van der Waals surface area contributed by atoms with Crippen molar-refractivity contribution in [2.24, 2.45) is 16.2 Å². The Kier molecular flexibility index (Phi) is 9.57. The predicted molar refractivity (Wildman–Crippen MR) is 178 cm³/mol. The third-order valence-corrected chi connectivity index (χ3v) is 11.1. The van der Waals surface area contributed by atoms with Crippen LogP contribution < -0.4 is 5.46 Å². The number of carbonyl (C=O) groups excluding carboxylic acids is 1. The van der Waals surface area contributed by atoms with Gasteiger partial charge in [0.1, 0.15) is 5.60 Å². The standard InChI is InChI=1S/C35H60BN3O7/c1-26-27(36-45-30(5,6)31(7,8)46-36)18-37-39(26)25-34-20-32(9)19-33(10,21-34)23-35(22-32,24-34)43-17-16-42-15-14-41-13-12-38(11)28(40)44-29(2,3)4/h18H,12-17,19-25H2,1-11H3. The molecule has 4 saturated carbocycles. The summed E-state index contributed by atoms with van der Waals surface area (Å²) in [6, 6.07) is 0. The monoisotopic (exact) mass is 645 g/mol. The zero-order valence-corrected chi connectivity index (χ0v) is 30.5. The number of carbonyl (C=O) groups is 1. The van der Waals surface area contributed by atoms with Gasteiger partial charge in [-0.05, 0) is 110 Å². The van der Waals surface area contributed by atoms with E-state index in [1.165, 1.54) is 24.2 Å². The van der Waals surface area contributed by atoms with Crippen LogP contribution in [0.25, 0.3) is 0 Å². The lowest BCUT2D eigenvalue weighted by Gasteiger charge is -2.69. The molecular formula is C35H60BN3O7. The summed E-state index contributed by atoms with van der Waals surface area (Å²) in [5.74, 6) is 0. The molecule has 1 amide bonds. The zero-order valence-electron chi connectivity index (χ0n) is 30.5. The number of nitrogens with zero attached hydrogens (tertiary/aromatic N) is 3. The lowest BCUT2D eigenvalue weighted by atomic mass is 9.39. The van der Waals surface area contributed by atoms with E-state index in [0.717, 1.165) is 37.0 Å². The fourth-order valence-corrected chi connectivity index (χ4v) is 9.56. The zero-order chi connectivity index (χ0) is 33.8. The topological polar surface area (TPSA) is 93.5 Å². The predicted octanol–water partition coefficient (Wildman–Crippen LogP) is 5.53. The molecule has 46 heavy (non-hydrogen) atoms. The van der Waals surface area contributed by atoms with Crippen molar-refractivity contribution < 1.29 is 33.1 Å². The molecule has 4 bridgehead atoms. The van der Waals surface area contributed by atoms with Crippen molar-refractivity contribution in [3.8, 4) is 0 Å². The molecule has 5 fully saturated rings. The second-order valence-corrected chi connectivity index (χ2v) is 17.8. The smallest absolute Gasteiger partial charge is 0.444 e. The summed E-state index contributed by atoms with van der Waals surface area (Å²) < 4.78 is 38.7. The molecule has 1 aromatic rings. The molecule has 4 aliphatic carbocycles. The molecule has 1 saturated heterocycles. The molecule has 0 aromatic carbocycles. The highest BCUT2D eigenvalue weighted by Gasteiger charge is 2.66. The van der Waals surface area contributed by atoms with Crippen molar-refractivity contribution in [2.45, 2.75) is 137 Å². The van der Waals surface area contributed by atoms with Crippen LogP contribution in [0.3, 0.4) is 0 Å². The lowest BCUT2D eigenvalue weighted by Crippen LogP contribution is -2.64. The molecule has 2 unspecified atom stereocenters. The average Bonchev–Trinajstić information content (AvgIpc) is 3.32. The summed E-state index contributed by atoms with van der Waals surface area (Å²) in [7, 11) is 1.32. The maximum absolute atomic E-state index is 12.1. The summed E-state index contributed by atoms with van der Waals surface area (Å²) in [4.78, 5) is 13.6. The Morgan fingerprint density at radius 3 is 2.04 bits per heavy atom. The number of amides is 1. The van der Waals surface area contributed by atoms with Crippen LogP contribution in [-0.2, 0) is 34.8 Å². The van der Waals surface area contributed by atoms with E-state index in [0.29, 0.717) is 39.6 Å². The summed E-state index contributed by atoms with van der Waals surface area (Å²) in [6.45, 7) is 25.0. The van der Waals surface area contributed by atoms with E-state index in [2.05, 4.69) is 53.1 Å². The van der Waals surface area contributed by atoms with E-state index in [1.807, 2.05) is 27.0 Å². The van der Waals surface area contributed by atoms with Gasteiger partial charge in [0.15, 0.2) is 0 Å². The van der Waals surface area contributed by atoms with Gasteiger partial charge in [0.2, 0.25) is 0 Å². The van der Waals surface area contributed by atoms with Gasteiger partial charge in [-0.15, -0.1) is 0 Å². The molecule has 11 heteroatoms. The van der Waals surface area contributed by atoms with Gasteiger partial charge in [0.05, 0.1) is 49.8 Å². The van der Waals surface area contributed by atoms with Crippen LogP contribution in [0.5, 0.6) is 0 Å². The van der Waals surface area contributed by atoms with Gasteiger partial charge in [0, 0.05) is 37.5 Å². The first-order valence-corrected chi connectivity index (χ1v) is 17.3. The quantitative estimate of drug-likeness (QED) is 0.204. The molecule has 2 heterocycles. The molecule has 5 aliphatic rings. The van der Waals surface area contributed by atoms with Crippen LogP contribution in [0.4, 0.5) is 4.79 Å². The van der Waals surface area contributed by atoms with E-state index in [-0.39, 0.29) is 39.1 Å². The maximum atomic E-state index is 12.1. The van der Waals surface area contributed by atoms with Crippen LogP contribution in [0.15, 0.2) is 6.20 Å². The number of hydrogen-bond donors (Lipinski definition) is 0. The van der Waals surface area contributed by atoms with Crippen molar-refractivity contribution in [2.75, 3.05) is 46.6 Å². The van der Waals surface area contributed by atoms with E-state index in [9.17, 15) is 4.79 Å². The molecule has 2 atom stereocenters. The molecule has 0 spiro atoms. The third-order valence-electron chi connectivity index (χ3n) is 11.1. The SMILES string of the molecule is Cc1c(B2OC(C)(C)C(C)(C)O2)cnn1CC12CC3(C)CC(C)(C1)CC(OCCOCCOCCN(C)C(=O)OC(C)(C)C)(C3)C2. The van der Waals surface area contributed by atoms with E-state index in [1.54, 1.807) is 7.05 Å². The first-order chi connectivity index (χ1) is 21.2. The third kappa shape index (κ3) is 7.64. The number of aromatic nitrogens is 2. The average molecular weight is 646 g/mol. The molecule has 6 rings (SSSR count). The Bertz CT molecular complexity index is 1220. The van der Waals surface area contributed by atoms with E-state index < -0.39 is 12.7 Å². The lowest BCUT2D eigenvalue weighted by molar-refractivity contribution is -0.250. The van der Waals surface area contributed by atoms with Crippen LogP contribution >= 0.6 is 0 Å². The Balaban J connectivity index is 1.12. The minimum Gasteiger partial charge on any atom is -0.444 e. The highest BCUT2D eigenvalue weighted by molar-refractivity contribution is 6.62. The normalized spacial score (nSPS) is 32.7. The molecular weight excluding hydrogens is 585 g/mol. The van der Waals surface area contributed by atoms with Crippen LogP contribution in [-0.4, -0.2) is 96.9 Å². The first kappa shape index (κ1) is 35.6. The van der Waals surface area contributed by atoms with E-state index >= 15 is 0 Å². The van der Waals surface area contributed by atoms with Crippen molar-refractivity contribution >= 4 is 18.7 Å². The van der Waals surface area contributed by atoms with Gasteiger partial charge in [-0.3, -0.25) is 4.68 Å². The van der Waals surface area contributed by atoms with Crippen LogP contribution in [0.1, 0.15) is 107 Å². The number of ether oxygens (including phenoxy) is 4. The van der Waals surface area contributed by atoms with Gasteiger partial charge in [-0.2, -0.15) is 5.10 Å².